The second kappa shape index (κ2) is 6.30. The Balaban J connectivity index is 1.66. The van der Waals surface area contributed by atoms with Crippen molar-refractivity contribution in [2.75, 3.05) is 0 Å². The zero-order valence-electron chi connectivity index (χ0n) is 10.8. The van der Waals surface area contributed by atoms with Gasteiger partial charge in [0.2, 0.25) is 11.8 Å². The summed E-state index contributed by atoms with van der Waals surface area (Å²) in [7, 11) is 0. The van der Waals surface area contributed by atoms with Crippen molar-refractivity contribution in [3.05, 3.63) is 47.3 Å². The standard InChI is InChI=1S/C13H11ClN4O2S/c14-9-3-1-8(2-4-9)10-6-16-12(19-10)7-21-13-18-17-11(5-15)20-13/h1-4,6H,5,7,15H2. The normalized spacial score (nSPS) is 11.0. The average Bonchev–Trinajstić information content (AvgIpc) is 3.15. The van der Waals surface area contributed by atoms with Crippen LogP contribution < -0.4 is 5.73 Å². The first-order valence-electron chi connectivity index (χ1n) is 6.10. The van der Waals surface area contributed by atoms with Crippen molar-refractivity contribution in [2.45, 2.75) is 17.5 Å². The van der Waals surface area contributed by atoms with Crippen LogP contribution in [0.15, 0.2) is 44.5 Å². The van der Waals surface area contributed by atoms with Gasteiger partial charge in [0.25, 0.3) is 5.22 Å². The Hall–Kier alpha value is -1.83. The van der Waals surface area contributed by atoms with E-state index in [1.165, 1.54) is 11.8 Å². The van der Waals surface area contributed by atoms with E-state index in [4.69, 9.17) is 26.2 Å². The van der Waals surface area contributed by atoms with Crippen LogP contribution in [-0.4, -0.2) is 15.2 Å². The minimum Gasteiger partial charge on any atom is -0.440 e. The smallest absolute Gasteiger partial charge is 0.277 e. The molecule has 0 fully saturated rings. The van der Waals surface area contributed by atoms with Crippen molar-refractivity contribution < 1.29 is 8.83 Å². The highest BCUT2D eigenvalue weighted by Crippen LogP contribution is 2.26. The van der Waals surface area contributed by atoms with Gasteiger partial charge < -0.3 is 14.6 Å². The molecule has 0 radical (unpaired) electrons. The lowest BCUT2D eigenvalue weighted by Gasteiger charge is -1.96. The lowest BCUT2D eigenvalue weighted by molar-refractivity contribution is 0.414. The maximum absolute atomic E-state index is 5.85. The summed E-state index contributed by atoms with van der Waals surface area (Å²) in [4.78, 5) is 4.22. The Morgan fingerprint density at radius 2 is 1.90 bits per heavy atom. The van der Waals surface area contributed by atoms with Crippen LogP contribution >= 0.6 is 23.4 Å². The van der Waals surface area contributed by atoms with Gasteiger partial charge in [-0.1, -0.05) is 23.4 Å². The van der Waals surface area contributed by atoms with Crippen LogP contribution in [0, 0.1) is 0 Å². The van der Waals surface area contributed by atoms with Crippen molar-refractivity contribution in [3.63, 3.8) is 0 Å². The molecule has 6 nitrogen and oxygen atoms in total. The topological polar surface area (TPSA) is 91.0 Å². The number of oxazole rings is 1. The molecule has 0 saturated carbocycles. The quantitative estimate of drug-likeness (QED) is 0.721. The monoisotopic (exact) mass is 322 g/mol. The number of hydrogen-bond donors (Lipinski definition) is 1. The molecule has 0 saturated heterocycles. The highest BCUT2D eigenvalue weighted by atomic mass is 35.5. The zero-order chi connectivity index (χ0) is 14.7. The Kier molecular flexibility index (Phi) is 4.23. The molecular weight excluding hydrogens is 312 g/mol. The van der Waals surface area contributed by atoms with E-state index in [-0.39, 0.29) is 6.54 Å². The molecule has 0 aliphatic carbocycles. The summed E-state index contributed by atoms with van der Waals surface area (Å²) in [6.45, 7) is 0.229. The van der Waals surface area contributed by atoms with Crippen molar-refractivity contribution in [1.82, 2.24) is 15.2 Å². The van der Waals surface area contributed by atoms with Crippen LogP contribution in [0.25, 0.3) is 11.3 Å². The largest absolute Gasteiger partial charge is 0.440 e. The number of halogens is 1. The lowest BCUT2D eigenvalue weighted by Crippen LogP contribution is -1.95. The Bertz CT molecular complexity index is 726. The molecule has 108 valence electrons. The molecule has 0 amide bonds. The number of aromatic nitrogens is 3. The van der Waals surface area contributed by atoms with E-state index in [9.17, 15) is 0 Å². The minimum atomic E-state index is 0.229. The fourth-order valence-electron chi connectivity index (χ4n) is 1.63. The molecule has 0 bridgehead atoms. The van der Waals surface area contributed by atoms with E-state index < -0.39 is 0 Å². The van der Waals surface area contributed by atoms with Crippen LogP contribution in [0.4, 0.5) is 0 Å². The van der Waals surface area contributed by atoms with E-state index in [1.54, 1.807) is 18.3 Å². The predicted octanol–water partition coefficient (Wildman–Crippen LogP) is 3.13. The van der Waals surface area contributed by atoms with Gasteiger partial charge in [-0.15, -0.1) is 10.2 Å². The van der Waals surface area contributed by atoms with Crippen LogP contribution in [0.5, 0.6) is 0 Å². The third-order valence-corrected chi connectivity index (χ3v) is 3.68. The summed E-state index contributed by atoms with van der Waals surface area (Å²) in [6, 6.07) is 7.37. The van der Waals surface area contributed by atoms with E-state index in [0.717, 1.165) is 5.56 Å². The summed E-state index contributed by atoms with van der Waals surface area (Å²) in [5, 5.41) is 8.77. The van der Waals surface area contributed by atoms with Crippen molar-refractivity contribution in [3.8, 4) is 11.3 Å². The minimum absolute atomic E-state index is 0.229. The molecule has 0 aliphatic rings. The number of rotatable bonds is 5. The summed E-state index contributed by atoms with van der Waals surface area (Å²) in [5.74, 6) is 2.18. The molecule has 1 aromatic carbocycles. The number of thioether (sulfide) groups is 1. The van der Waals surface area contributed by atoms with Gasteiger partial charge in [0.15, 0.2) is 5.76 Å². The van der Waals surface area contributed by atoms with Crippen molar-refractivity contribution >= 4 is 23.4 Å². The van der Waals surface area contributed by atoms with Gasteiger partial charge in [-0.2, -0.15) is 0 Å². The van der Waals surface area contributed by atoms with Crippen LogP contribution in [-0.2, 0) is 12.3 Å². The van der Waals surface area contributed by atoms with Crippen LogP contribution in [0.1, 0.15) is 11.8 Å². The van der Waals surface area contributed by atoms with Gasteiger partial charge >= 0.3 is 0 Å². The van der Waals surface area contributed by atoms with E-state index in [0.29, 0.717) is 33.5 Å². The molecule has 0 atom stereocenters. The highest BCUT2D eigenvalue weighted by molar-refractivity contribution is 7.98. The molecule has 3 rings (SSSR count). The maximum atomic E-state index is 5.85. The summed E-state index contributed by atoms with van der Waals surface area (Å²) in [6.07, 6.45) is 1.68. The zero-order valence-corrected chi connectivity index (χ0v) is 12.4. The molecule has 2 aromatic heterocycles. The van der Waals surface area contributed by atoms with Crippen molar-refractivity contribution in [2.24, 2.45) is 5.73 Å². The third kappa shape index (κ3) is 3.44. The summed E-state index contributed by atoms with van der Waals surface area (Å²) in [5.41, 5.74) is 6.33. The van der Waals surface area contributed by atoms with Gasteiger partial charge in [-0.05, 0) is 24.3 Å². The number of nitrogens with zero attached hydrogens (tertiary/aromatic N) is 3. The first-order chi connectivity index (χ1) is 10.2. The van der Waals surface area contributed by atoms with Gasteiger partial charge in [-0.25, -0.2) is 4.98 Å². The second-order valence-electron chi connectivity index (χ2n) is 4.08. The van der Waals surface area contributed by atoms with Gasteiger partial charge in [-0.3, -0.25) is 0 Å². The molecule has 0 spiro atoms. The molecular formula is C13H11ClN4O2S. The molecule has 2 heterocycles. The maximum Gasteiger partial charge on any atom is 0.277 e. The first-order valence-corrected chi connectivity index (χ1v) is 7.47. The number of hydrogen-bond acceptors (Lipinski definition) is 7. The average molecular weight is 323 g/mol. The molecule has 8 heteroatoms. The first kappa shape index (κ1) is 14.1. The van der Waals surface area contributed by atoms with Crippen molar-refractivity contribution in [1.29, 1.82) is 0 Å². The lowest BCUT2D eigenvalue weighted by atomic mass is 10.2. The van der Waals surface area contributed by atoms with E-state index >= 15 is 0 Å². The molecule has 0 aliphatic heterocycles. The van der Waals surface area contributed by atoms with Gasteiger partial charge in [0.05, 0.1) is 18.5 Å². The SMILES string of the molecule is NCc1nnc(SCc2ncc(-c3ccc(Cl)cc3)o2)o1. The van der Waals surface area contributed by atoms with E-state index in [1.807, 2.05) is 12.1 Å². The molecule has 21 heavy (non-hydrogen) atoms. The van der Waals surface area contributed by atoms with Crippen LogP contribution in [0.3, 0.4) is 0 Å². The number of nitrogens with two attached hydrogens (primary N) is 1. The second-order valence-corrected chi connectivity index (χ2v) is 5.44. The Labute approximate surface area is 129 Å². The Morgan fingerprint density at radius 1 is 1.10 bits per heavy atom. The van der Waals surface area contributed by atoms with E-state index in [2.05, 4.69) is 15.2 Å². The van der Waals surface area contributed by atoms with Gasteiger partial charge in [0.1, 0.15) is 0 Å². The molecule has 3 aromatic rings. The fraction of sp³-hybridized carbons (Fsp3) is 0.154. The molecule has 2 N–H and O–H groups in total. The predicted molar refractivity (Wildman–Crippen MR) is 78.7 cm³/mol. The highest BCUT2D eigenvalue weighted by Gasteiger charge is 2.10. The summed E-state index contributed by atoms with van der Waals surface area (Å²) >= 11 is 7.20. The Morgan fingerprint density at radius 3 is 2.62 bits per heavy atom. The molecule has 0 unspecified atom stereocenters. The number of benzene rings is 1. The summed E-state index contributed by atoms with van der Waals surface area (Å²) < 4.78 is 11.0. The van der Waals surface area contributed by atoms with Crippen LogP contribution in [0.2, 0.25) is 5.02 Å². The van der Waals surface area contributed by atoms with Gasteiger partial charge in [0, 0.05) is 10.6 Å². The third-order valence-electron chi connectivity index (χ3n) is 2.62. The fourth-order valence-corrected chi connectivity index (χ4v) is 2.39.